The molecule has 2 aromatic rings. The number of thiocarbonyl (C=S) groups is 1. The van der Waals surface area contributed by atoms with Gasteiger partial charge in [0.1, 0.15) is 22.5 Å². The Morgan fingerprint density at radius 2 is 2.00 bits per heavy atom. The lowest BCUT2D eigenvalue weighted by Gasteiger charge is -2.10. The van der Waals surface area contributed by atoms with Gasteiger partial charge in [-0.3, -0.25) is 9.69 Å². The van der Waals surface area contributed by atoms with Gasteiger partial charge in [-0.25, -0.2) is 4.39 Å². The Labute approximate surface area is 175 Å². The molecule has 1 aliphatic heterocycles. The van der Waals surface area contributed by atoms with Crippen molar-refractivity contribution in [2.75, 3.05) is 6.54 Å². The highest BCUT2D eigenvalue weighted by molar-refractivity contribution is 9.10. The standard InChI is InChI=1S/C20H15BrFNO2S2/c1-2-9-23-19(24)18(27-20(23)26)11-14-5-8-17(16(21)10-14)25-12-13-3-6-15(22)7-4-13/h2-8,10-11H,1,9,12H2/b18-11+. The van der Waals surface area contributed by atoms with Crippen LogP contribution in [-0.2, 0) is 11.4 Å². The van der Waals surface area contributed by atoms with E-state index in [1.165, 1.54) is 28.8 Å². The van der Waals surface area contributed by atoms with Crippen LogP contribution in [0.5, 0.6) is 5.75 Å². The van der Waals surface area contributed by atoms with Crippen molar-refractivity contribution in [1.29, 1.82) is 0 Å². The summed E-state index contributed by atoms with van der Waals surface area (Å²) in [5.74, 6) is 0.274. The maximum Gasteiger partial charge on any atom is 0.266 e. The van der Waals surface area contributed by atoms with Crippen LogP contribution in [0.25, 0.3) is 6.08 Å². The highest BCUT2D eigenvalue weighted by atomic mass is 79.9. The summed E-state index contributed by atoms with van der Waals surface area (Å²) in [7, 11) is 0. The molecule has 0 saturated carbocycles. The Morgan fingerprint density at radius 1 is 1.26 bits per heavy atom. The molecule has 1 saturated heterocycles. The number of ether oxygens (including phenoxy) is 1. The first-order valence-electron chi connectivity index (χ1n) is 8.01. The minimum Gasteiger partial charge on any atom is -0.488 e. The average molecular weight is 464 g/mol. The second-order valence-electron chi connectivity index (χ2n) is 5.69. The fourth-order valence-corrected chi connectivity index (χ4v) is 4.19. The molecule has 3 rings (SSSR count). The number of carbonyl (C=O) groups excluding carboxylic acids is 1. The first-order chi connectivity index (χ1) is 13.0. The van der Waals surface area contributed by atoms with E-state index in [9.17, 15) is 9.18 Å². The van der Waals surface area contributed by atoms with E-state index in [4.69, 9.17) is 17.0 Å². The number of thioether (sulfide) groups is 1. The highest BCUT2D eigenvalue weighted by Crippen LogP contribution is 2.34. The van der Waals surface area contributed by atoms with E-state index in [0.29, 0.717) is 28.1 Å². The molecule has 3 nitrogen and oxygen atoms in total. The predicted molar refractivity (Wildman–Crippen MR) is 115 cm³/mol. The SMILES string of the molecule is C=CCN1C(=O)/C(=C\c2ccc(OCc3ccc(F)cc3)c(Br)c2)SC1=S. The fourth-order valence-electron chi connectivity index (χ4n) is 2.40. The van der Waals surface area contributed by atoms with E-state index < -0.39 is 0 Å². The molecule has 0 unspecified atom stereocenters. The summed E-state index contributed by atoms with van der Waals surface area (Å²) in [4.78, 5) is 14.5. The third kappa shape index (κ3) is 4.86. The summed E-state index contributed by atoms with van der Waals surface area (Å²) in [6.07, 6.45) is 3.45. The van der Waals surface area contributed by atoms with Crippen LogP contribution in [0.3, 0.4) is 0 Å². The minimum atomic E-state index is -0.275. The summed E-state index contributed by atoms with van der Waals surface area (Å²) in [5.41, 5.74) is 1.73. The smallest absolute Gasteiger partial charge is 0.266 e. The van der Waals surface area contributed by atoms with Gasteiger partial charge in [0.05, 0.1) is 9.38 Å². The van der Waals surface area contributed by atoms with Gasteiger partial charge in [0, 0.05) is 6.54 Å². The molecule has 1 aliphatic rings. The van der Waals surface area contributed by atoms with E-state index in [1.807, 2.05) is 18.2 Å². The van der Waals surface area contributed by atoms with Gasteiger partial charge in [0.2, 0.25) is 0 Å². The number of hydrogen-bond acceptors (Lipinski definition) is 4. The van der Waals surface area contributed by atoms with Gasteiger partial charge in [-0.1, -0.05) is 48.3 Å². The molecule has 1 heterocycles. The molecule has 1 amide bonds. The Balaban J connectivity index is 1.71. The Morgan fingerprint density at radius 3 is 2.67 bits per heavy atom. The molecule has 0 aliphatic carbocycles. The van der Waals surface area contributed by atoms with Crippen LogP contribution in [0.15, 0.2) is 64.5 Å². The molecule has 0 bridgehead atoms. The normalized spacial score (nSPS) is 15.5. The highest BCUT2D eigenvalue weighted by Gasteiger charge is 2.30. The summed E-state index contributed by atoms with van der Waals surface area (Å²) < 4.78 is 20.0. The zero-order chi connectivity index (χ0) is 19.4. The van der Waals surface area contributed by atoms with E-state index in [-0.39, 0.29) is 11.7 Å². The molecule has 27 heavy (non-hydrogen) atoms. The van der Waals surface area contributed by atoms with Crippen molar-refractivity contribution >= 4 is 56.2 Å². The molecule has 2 aromatic carbocycles. The van der Waals surface area contributed by atoms with Crippen LogP contribution >= 0.6 is 39.9 Å². The van der Waals surface area contributed by atoms with Crippen LogP contribution in [0.4, 0.5) is 4.39 Å². The van der Waals surface area contributed by atoms with Crippen LogP contribution in [0.2, 0.25) is 0 Å². The van der Waals surface area contributed by atoms with Crippen molar-refractivity contribution in [2.24, 2.45) is 0 Å². The number of hydrogen-bond donors (Lipinski definition) is 0. The van der Waals surface area contributed by atoms with Gasteiger partial charge in [-0.15, -0.1) is 6.58 Å². The second-order valence-corrected chi connectivity index (χ2v) is 8.22. The second kappa shape index (κ2) is 8.82. The first-order valence-corrected chi connectivity index (χ1v) is 10.0. The molecule has 0 N–H and O–H groups in total. The van der Waals surface area contributed by atoms with Gasteiger partial charge < -0.3 is 4.74 Å². The molecule has 0 atom stereocenters. The van der Waals surface area contributed by atoms with Gasteiger partial charge in [0.25, 0.3) is 5.91 Å². The number of amides is 1. The molecule has 0 spiro atoms. The maximum atomic E-state index is 12.9. The minimum absolute atomic E-state index is 0.113. The quantitative estimate of drug-likeness (QED) is 0.318. The molecular formula is C20H15BrFNO2S2. The number of carbonyl (C=O) groups is 1. The van der Waals surface area contributed by atoms with E-state index in [2.05, 4.69) is 22.5 Å². The average Bonchev–Trinajstić information content (AvgIpc) is 2.90. The van der Waals surface area contributed by atoms with Crippen molar-refractivity contribution in [3.63, 3.8) is 0 Å². The lowest BCUT2D eigenvalue weighted by Crippen LogP contribution is -2.27. The van der Waals surface area contributed by atoms with E-state index in [0.717, 1.165) is 15.6 Å². The molecule has 0 radical (unpaired) electrons. The Hall–Kier alpha value is -1.96. The molecule has 7 heteroatoms. The third-order valence-electron chi connectivity index (χ3n) is 3.75. The molecular weight excluding hydrogens is 449 g/mol. The molecule has 0 aromatic heterocycles. The van der Waals surface area contributed by atoms with Crippen molar-refractivity contribution < 1.29 is 13.9 Å². The summed E-state index contributed by atoms with van der Waals surface area (Å²) >= 11 is 10.0. The topological polar surface area (TPSA) is 29.5 Å². The van der Waals surface area contributed by atoms with Crippen molar-refractivity contribution in [3.05, 3.63) is 81.4 Å². The van der Waals surface area contributed by atoms with Crippen LogP contribution in [0, 0.1) is 5.82 Å². The first kappa shape index (κ1) is 19.8. The third-order valence-corrected chi connectivity index (χ3v) is 5.74. The van der Waals surface area contributed by atoms with Gasteiger partial charge >= 0.3 is 0 Å². The zero-order valence-electron chi connectivity index (χ0n) is 14.2. The molecule has 138 valence electrons. The van der Waals surface area contributed by atoms with Crippen molar-refractivity contribution in [2.45, 2.75) is 6.61 Å². The van der Waals surface area contributed by atoms with Crippen molar-refractivity contribution in [1.82, 2.24) is 4.90 Å². The zero-order valence-corrected chi connectivity index (χ0v) is 17.4. The predicted octanol–water partition coefficient (Wildman–Crippen LogP) is 5.55. The van der Waals surface area contributed by atoms with Gasteiger partial charge in [-0.2, -0.15) is 0 Å². The number of benzene rings is 2. The Bertz CT molecular complexity index is 928. The maximum absolute atomic E-state index is 12.9. The summed E-state index contributed by atoms with van der Waals surface area (Å²) in [6, 6.07) is 11.7. The Kier molecular flexibility index (Phi) is 6.46. The number of nitrogens with zero attached hydrogens (tertiary/aromatic N) is 1. The van der Waals surface area contributed by atoms with E-state index >= 15 is 0 Å². The summed E-state index contributed by atoms with van der Waals surface area (Å²) in [6.45, 7) is 4.38. The number of halogens is 2. The lowest BCUT2D eigenvalue weighted by molar-refractivity contribution is -0.121. The van der Waals surface area contributed by atoms with Crippen LogP contribution in [-0.4, -0.2) is 21.7 Å². The number of rotatable bonds is 6. The monoisotopic (exact) mass is 463 g/mol. The fraction of sp³-hybridized carbons (Fsp3) is 0.100. The van der Waals surface area contributed by atoms with Gasteiger partial charge in [-0.05, 0) is 57.4 Å². The van der Waals surface area contributed by atoms with Crippen molar-refractivity contribution in [3.8, 4) is 5.75 Å². The van der Waals surface area contributed by atoms with E-state index in [1.54, 1.807) is 24.3 Å². The molecule has 1 fully saturated rings. The summed E-state index contributed by atoms with van der Waals surface area (Å²) in [5, 5.41) is 0. The largest absolute Gasteiger partial charge is 0.488 e. The lowest BCUT2D eigenvalue weighted by atomic mass is 10.2. The van der Waals surface area contributed by atoms with Gasteiger partial charge in [0.15, 0.2) is 0 Å². The van der Waals surface area contributed by atoms with Crippen LogP contribution in [0.1, 0.15) is 11.1 Å². The van der Waals surface area contributed by atoms with Crippen LogP contribution < -0.4 is 4.74 Å².